The van der Waals surface area contributed by atoms with Gasteiger partial charge in [0.05, 0.1) is 17.5 Å². The van der Waals surface area contributed by atoms with Crippen molar-refractivity contribution < 1.29 is 26.4 Å². The van der Waals surface area contributed by atoms with E-state index in [0.717, 1.165) is 36.0 Å². The van der Waals surface area contributed by atoms with Crippen LogP contribution in [0.1, 0.15) is 11.1 Å². The summed E-state index contributed by atoms with van der Waals surface area (Å²) in [6.07, 6.45) is -3.15. The maximum absolute atomic E-state index is 14.0. The van der Waals surface area contributed by atoms with Gasteiger partial charge in [-0.25, -0.2) is 8.78 Å². The maximum atomic E-state index is 14.0. The van der Waals surface area contributed by atoms with Gasteiger partial charge in [0.15, 0.2) is 10.9 Å². The van der Waals surface area contributed by atoms with Crippen LogP contribution < -0.4 is 0 Å². The Hall–Kier alpha value is -3.14. The minimum absolute atomic E-state index is 0.131. The lowest BCUT2D eigenvalue weighted by atomic mass is 10.2. The minimum Gasteiger partial charge on any atom is -0.461 e. The van der Waals surface area contributed by atoms with E-state index in [9.17, 15) is 22.0 Å². The lowest BCUT2D eigenvalue weighted by Crippen LogP contribution is -2.07. The predicted molar refractivity (Wildman–Crippen MR) is 100.0 cm³/mol. The van der Waals surface area contributed by atoms with Crippen molar-refractivity contribution in [1.29, 1.82) is 0 Å². The van der Waals surface area contributed by atoms with E-state index < -0.39 is 23.4 Å². The SMILES string of the molecule is Fc1cccc(F)c1CSc1nnc(-c2ccco2)n1-c1cccc(C(F)(F)F)c1. The van der Waals surface area contributed by atoms with E-state index in [2.05, 4.69) is 10.2 Å². The number of aromatic nitrogens is 3. The van der Waals surface area contributed by atoms with E-state index in [1.165, 1.54) is 29.0 Å². The molecule has 2 aromatic heterocycles. The van der Waals surface area contributed by atoms with Crippen molar-refractivity contribution in [2.24, 2.45) is 0 Å². The Labute approximate surface area is 171 Å². The molecule has 10 heteroatoms. The van der Waals surface area contributed by atoms with Crippen LogP contribution in [0, 0.1) is 11.6 Å². The van der Waals surface area contributed by atoms with E-state index in [-0.39, 0.29) is 33.7 Å². The van der Waals surface area contributed by atoms with Crippen LogP contribution >= 0.6 is 11.8 Å². The molecule has 0 aliphatic rings. The molecule has 2 heterocycles. The van der Waals surface area contributed by atoms with Gasteiger partial charge in [-0.3, -0.25) is 4.57 Å². The summed E-state index contributed by atoms with van der Waals surface area (Å²) in [5.74, 6) is -1.13. The molecule has 0 aliphatic carbocycles. The standard InChI is InChI=1S/C20H12F5N3OS/c21-15-6-2-7-16(22)14(15)11-30-19-27-26-18(17-8-3-9-29-17)28(19)13-5-1-4-12(10-13)20(23,24)25/h1-10H,11H2. The molecule has 0 fully saturated rings. The third-order valence-corrected chi connectivity index (χ3v) is 5.17. The topological polar surface area (TPSA) is 43.9 Å². The summed E-state index contributed by atoms with van der Waals surface area (Å²) in [5, 5.41) is 8.17. The van der Waals surface area contributed by atoms with Crippen molar-refractivity contribution in [1.82, 2.24) is 14.8 Å². The summed E-state index contributed by atoms with van der Waals surface area (Å²) in [4.78, 5) is 0. The van der Waals surface area contributed by atoms with Crippen molar-refractivity contribution in [2.45, 2.75) is 17.1 Å². The van der Waals surface area contributed by atoms with Gasteiger partial charge >= 0.3 is 6.18 Å². The molecular weight excluding hydrogens is 425 g/mol. The molecule has 2 aromatic carbocycles. The van der Waals surface area contributed by atoms with Crippen LogP contribution in [0.2, 0.25) is 0 Å². The third kappa shape index (κ3) is 3.95. The second-order valence-electron chi connectivity index (χ2n) is 6.16. The van der Waals surface area contributed by atoms with Gasteiger partial charge in [0, 0.05) is 11.3 Å². The Bertz CT molecular complexity index is 1150. The highest BCUT2D eigenvalue weighted by Gasteiger charge is 2.31. The first-order chi connectivity index (χ1) is 14.3. The fourth-order valence-corrected chi connectivity index (χ4v) is 3.76. The Balaban J connectivity index is 1.77. The molecule has 0 atom stereocenters. The van der Waals surface area contributed by atoms with Gasteiger partial charge in [-0.15, -0.1) is 10.2 Å². The molecule has 0 saturated heterocycles. The summed E-state index contributed by atoms with van der Waals surface area (Å²) >= 11 is 0.941. The van der Waals surface area contributed by atoms with Gasteiger partial charge in [-0.2, -0.15) is 13.2 Å². The lowest BCUT2D eigenvalue weighted by molar-refractivity contribution is -0.137. The number of furan rings is 1. The highest BCUT2D eigenvalue weighted by atomic mass is 32.2. The zero-order valence-corrected chi connectivity index (χ0v) is 15.8. The van der Waals surface area contributed by atoms with Crippen LogP contribution in [0.3, 0.4) is 0 Å². The first kappa shape index (κ1) is 20.1. The highest BCUT2D eigenvalue weighted by Crippen LogP contribution is 2.34. The normalized spacial score (nSPS) is 11.8. The monoisotopic (exact) mass is 437 g/mol. The van der Waals surface area contributed by atoms with E-state index in [0.29, 0.717) is 0 Å². The highest BCUT2D eigenvalue weighted by molar-refractivity contribution is 7.98. The molecule has 0 saturated carbocycles. The fraction of sp³-hybridized carbons (Fsp3) is 0.100. The van der Waals surface area contributed by atoms with Crippen LogP contribution in [0.25, 0.3) is 17.3 Å². The number of nitrogens with zero attached hydrogens (tertiary/aromatic N) is 3. The molecule has 0 bridgehead atoms. The van der Waals surface area contributed by atoms with E-state index in [1.54, 1.807) is 12.1 Å². The number of thioether (sulfide) groups is 1. The molecule has 0 aliphatic heterocycles. The fourth-order valence-electron chi connectivity index (χ4n) is 2.79. The van der Waals surface area contributed by atoms with Crippen molar-refractivity contribution in [2.75, 3.05) is 0 Å². The quantitative estimate of drug-likeness (QED) is 0.279. The molecule has 30 heavy (non-hydrogen) atoms. The van der Waals surface area contributed by atoms with Gasteiger partial charge < -0.3 is 4.42 Å². The van der Waals surface area contributed by atoms with Gasteiger partial charge in [0.25, 0.3) is 0 Å². The molecule has 4 nitrogen and oxygen atoms in total. The molecule has 0 amide bonds. The molecule has 4 rings (SSSR count). The molecule has 0 spiro atoms. The summed E-state index contributed by atoms with van der Waals surface area (Å²) in [5.41, 5.74) is -0.881. The Kier molecular flexibility index (Phi) is 5.33. The minimum atomic E-state index is -4.54. The van der Waals surface area contributed by atoms with E-state index in [1.807, 2.05) is 0 Å². The van der Waals surface area contributed by atoms with E-state index >= 15 is 0 Å². The molecule has 0 N–H and O–H groups in total. The van der Waals surface area contributed by atoms with Crippen molar-refractivity contribution in [3.8, 4) is 17.3 Å². The van der Waals surface area contributed by atoms with Crippen molar-refractivity contribution in [3.05, 3.63) is 83.6 Å². The van der Waals surface area contributed by atoms with Crippen LogP contribution in [-0.2, 0) is 11.9 Å². The number of halogens is 5. The van der Waals surface area contributed by atoms with Crippen LogP contribution in [0.5, 0.6) is 0 Å². The van der Waals surface area contributed by atoms with Gasteiger partial charge in [0.1, 0.15) is 11.6 Å². The number of benzene rings is 2. The van der Waals surface area contributed by atoms with Gasteiger partial charge in [0.2, 0.25) is 5.82 Å². The van der Waals surface area contributed by atoms with Crippen LogP contribution in [-0.4, -0.2) is 14.8 Å². The zero-order valence-electron chi connectivity index (χ0n) is 15.0. The Morgan fingerprint density at radius 2 is 1.67 bits per heavy atom. The predicted octanol–water partition coefficient (Wildman–Crippen LogP) is 6.12. The summed E-state index contributed by atoms with van der Waals surface area (Å²) in [6.45, 7) is 0. The van der Waals surface area contributed by atoms with Gasteiger partial charge in [-0.05, 0) is 42.5 Å². The maximum Gasteiger partial charge on any atom is 0.416 e. The second kappa shape index (κ2) is 7.94. The number of rotatable bonds is 5. The number of hydrogen-bond donors (Lipinski definition) is 0. The summed E-state index contributed by atoms with van der Waals surface area (Å²) in [7, 11) is 0. The molecule has 0 unspecified atom stereocenters. The Morgan fingerprint density at radius 1 is 0.933 bits per heavy atom. The van der Waals surface area contributed by atoms with Crippen LogP contribution in [0.15, 0.2) is 70.4 Å². The van der Waals surface area contributed by atoms with Gasteiger partial charge in [-0.1, -0.05) is 23.9 Å². The zero-order chi connectivity index (χ0) is 21.3. The largest absolute Gasteiger partial charge is 0.461 e. The second-order valence-corrected chi connectivity index (χ2v) is 7.10. The van der Waals surface area contributed by atoms with Crippen LogP contribution in [0.4, 0.5) is 22.0 Å². The first-order valence-electron chi connectivity index (χ1n) is 8.57. The summed E-state index contributed by atoms with van der Waals surface area (Å²) in [6, 6.07) is 11.3. The third-order valence-electron chi connectivity index (χ3n) is 4.21. The van der Waals surface area contributed by atoms with E-state index in [4.69, 9.17) is 4.42 Å². The molecule has 0 radical (unpaired) electrons. The molecule has 4 aromatic rings. The number of hydrogen-bond acceptors (Lipinski definition) is 4. The molecular formula is C20H12F5N3OS. The average molecular weight is 437 g/mol. The summed E-state index contributed by atoms with van der Waals surface area (Å²) < 4.78 is 74.2. The molecule has 154 valence electrons. The lowest BCUT2D eigenvalue weighted by Gasteiger charge is -2.12. The van der Waals surface area contributed by atoms with Crippen molar-refractivity contribution in [3.63, 3.8) is 0 Å². The average Bonchev–Trinajstić information content (AvgIpc) is 3.36. The Morgan fingerprint density at radius 3 is 2.33 bits per heavy atom. The first-order valence-corrected chi connectivity index (χ1v) is 9.56. The van der Waals surface area contributed by atoms with Crippen molar-refractivity contribution >= 4 is 11.8 Å². The number of alkyl halides is 3. The smallest absolute Gasteiger partial charge is 0.416 e.